The Labute approximate surface area is 840 Å². The minimum atomic E-state index is -1.13. The molecule has 0 aliphatic rings. The van der Waals surface area contributed by atoms with Crippen LogP contribution in [0.2, 0.25) is 0 Å². The van der Waals surface area contributed by atoms with Gasteiger partial charge in [0.1, 0.15) is 0 Å². The molecular weight excluding hydrogens is 1990 g/mol. The average Bonchev–Trinajstić information content (AvgIpc) is 0.785. The first-order chi connectivity index (χ1) is 65.2. The number of hydrogen-bond acceptors (Lipinski definition) is 16. The van der Waals surface area contributed by atoms with Gasteiger partial charge >= 0.3 is 76.3 Å². The molecule has 0 N–H and O–H groups in total. The number of aromatic carboxylic acids is 6. The molecule has 2 radical (unpaired) electrons. The Bertz CT molecular complexity index is 7270. The van der Waals surface area contributed by atoms with Gasteiger partial charge in [-0.25, -0.2) is 0 Å². The number of nitrogens with zero attached hydrogens (tertiary/aromatic N) is 4. The molecule has 0 spiro atoms. The second-order valence-corrected chi connectivity index (χ2v) is 32.1. The fourth-order valence-corrected chi connectivity index (χ4v) is 17.6. The molecule has 0 fully saturated rings. The molecule has 24 rings (SSSR count). The first-order valence-corrected chi connectivity index (χ1v) is 43.1. The normalized spacial score (nSPS) is 10.7. The molecule has 0 atom stereocenters. The number of benzene rings is 20. The summed E-state index contributed by atoms with van der Waals surface area (Å²) in [6, 6.07) is 118. The van der Waals surface area contributed by atoms with Crippen molar-refractivity contribution in [1.29, 1.82) is 0 Å². The van der Waals surface area contributed by atoms with Crippen LogP contribution >= 0.6 is 0 Å². The second kappa shape index (κ2) is 42.6. The van der Waals surface area contributed by atoms with Crippen LogP contribution in [0.4, 0.5) is 0 Å². The van der Waals surface area contributed by atoms with Crippen LogP contribution < -0.4 is 30.6 Å². The zero-order valence-corrected chi connectivity index (χ0v) is 77.5. The Morgan fingerprint density at radius 2 is 0.272 bits per heavy atom. The first kappa shape index (κ1) is 95.1. The molecule has 0 aliphatic heterocycles. The Hall–Kier alpha value is -15.5. The van der Waals surface area contributed by atoms with E-state index in [0.29, 0.717) is 0 Å². The number of carboxylic acids is 6. The van der Waals surface area contributed by atoms with Crippen molar-refractivity contribution in [3.05, 3.63) is 457 Å². The van der Waals surface area contributed by atoms with E-state index in [1.165, 1.54) is 43.8 Å². The largest absolute Gasteiger partial charge is 3.00 e. The molecule has 136 heavy (non-hydrogen) atoms. The van der Waals surface area contributed by atoms with Crippen LogP contribution in [0.3, 0.4) is 0 Å². The van der Waals surface area contributed by atoms with Crippen LogP contribution in [-0.2, 0) is 0 Å². The molecule has 0 aliphatic carbocycles. The van der Waals surface area contributed by atoms with E-state index in [2.05, 4.69) is 71.9 Å². The van der Waals surface area contributed by atoms with Crippen LogP contribution in [0.5, 0.6) is 0 Å². The predicted octanol–water partition coefficient (Wildman–Crippen LogP) is 20.9. The molecule has 4 heterocycles. The minimum Gasteiger partial charge on any atom is -0.545 e. The summed E-state index contributed by atoms with van der Waals surface area (Å²) in [4.78, 5) is 85.7. The molecule has 0 bridgehead atoms. The third kappa shape index (κ3) is 19.9. The van der Waals surface area contributed by atoms with Gasteiger partial charge in [-0.2, -0.15) is 0 Å². The van der Waals surface area contributed by atoms with Crippen molar-refractivity contribution < 1.29 is 136 Å². The third-order valence-electron chi connectivity index (χ3n) is 24.0. The van der Waals surface area contributed by atoms with Gasteiger partial charge in [0.05, 0.1) is 57.9 Å². The SMILES string of the molecule is Cc1ccnc2c1ccc1c(C)ccnc12.Cc1ccnc2c1ccc1c(C)ccnc12.O=C([O-])c1c2ccccc2cc2ccccc12.O=C([O-])c1c2ccccc2cc2ccccc12.O=C([O-])c1c2ccccc2cc2ccccc12.O=C([O-])c1c2ccccc2cc2ccccc12.O=C([O-])c1c2ccccc2cc2ccccc12.O=C([O-])c1c2ccccc2cc2ccccc12.[Dy+3].[Dy+3]. The third-order valence-corrected chi connectivity index (χ3v) is 24.0. The smallest absolute Gasteiger partial charge is 0.545 e. The molecule has 0 amide bonds. The zero-order valence-electron chi connectivity index (χ0n) is 73.4. The first-order valence-electron chi connectivity index (χ1n) is 43.1. The molecule has 16 nitrogen and oxygen atoms in total. The van der Waals surface area contributed by atoms with Crippen LogP contribution in [0.1, 0.15) is 84.4 Å². The van der Waals surface area contributed by atoms with Gasteiger partial charge in [0, 0.05) is 79.7 Å². The van der Waals surface area contributed by atoms with E-state index in [4.69, 9.17) is 0 Å². The fourth-order valence-electron chi connectivity index (χ4n) is 17.6. The quantitative estimate of drug-likeness (QED) is 0.110. The van der Waals surface area contributed by atoms with Crippen molar-refractivity contribution in [2.75, 3.05) is 0 Å². The molecular formula is C118H78Dy2N4O12. The maximum absolute atomic E-state index is 11.3. The number of hydrogen-bond donors (Lipinski definition) is 0. The molecule has 0 saturated carbocycles. The standard InChI is InChI=1S/6C15H10O2.2C14H12N2.2Dy/c6*16-15(17)14-12-7-3-1-5-10(12)9-11-6-2-4-8-13(11)14;2*1-9-5-7-15-13-11(9)3-4-12-10(2)6-8-16-14(12)13;;/h6*1-9H,(H,16,17);2*3-8H,1-2H3;;/q;;;;;;;;2*+3/p-6. The maximum atomic E-state index is 11.3. The van der Waals surface area contributed by atoms with E-state index < -0.39 is 35.8 Å². The van der Waals surface area contributed by atoms with Crippen molar-refractivity contribution in [1.82, 2.24) is 19.9 Å². The van der Waals surface area contributed by atoms with Crippen molar-refractivity contribution in [2.24, 2.45) is 0 Å². The average molecular weight is 2070 g/mol. The molecule has 20 aromatic carbocycles. The Balaban J connectivity index is 0.000000118. The summed E-state index contributed by atoms with van der Waals surface area (Å²) in [5, 5.41) is 92.5. The van der Waals surface area contributed by atoms with Crippen molar-refractivity contribution in [3.8, 4) is 0 Å². The van der Waals surface area contributed by atoms with Gasteiger partial charge < -0.3 is 59.4 Å². The number of carbonyl (C=O) groups is 6. The van der Waals surface area contributed by atoms with Gasteiger partial charge in [-0.1, -0.05) is 315 Å². The van der Waals surface area contributed by atoms with E-state index in [-0.39, 0.29) is 110 Å². The minimum absolute atomic E-state index is 0. The van der Waals surface area contributed by atoms with Crippen LogP contribution in [0.25, 0.3) is 173 Å². The monoisotopic (exact) mass is 2070 g/mol. The number of pyridine rings is 4. The van der Waals surface area contributed by atoms with Crippen molar-refractivity contribution >= 4 is 209 Å². The molecule has 18 heteroatoms. The molecule has 0 saturated heterocycles. The summed E-state index contributed by atoms with van der Waals surface area (Å²) in [6.07, 6.45) is 7.39. The summed E-state index contributed by atoms with van der Waals surface area (Å²) in [5.74, 6) is -6.76. The van der Waals surface area contributed by atoms with E-state index in [0.717, 1.165) is 151 Å². The van der Waals surface area contributed by atoms with Gasteiger partial charge in [-0.3, -0.25) is 19.9 Å². The van der Waals surface area contributed by atoms with Gasteiger partial charge in [-0.05, 0) is 240 Å². The number of fused-ring (bicyclic) bond motifs is 18. The molecule has 662 valence electrons. The summed E-state index contributed by atoms with van der Waals surface area (Å²) in [5.41, 5.74) is 10.6. The Morgan fingerprint density at radius 1 is 0.162 bits per heavy atom. The van der Waals surface area contributed by atoms with Crippen molar-refractivity contribution in [3.63, 3.8) is 0 Å². The number of rotatable bonds is 6. The van der Waals surface area contributed by atoms with Crippen LogP contribution in [-0.4, -0.2) is 55.8 Å². The summed E-state index contributed by atoms with van der Waals surface area (Å²) >= 11 is 0. The Morgan fingerprint density at radius 3 is 0.382 bits per heavy atom. The number of aryl methyl sites for hydroxylation is 4. The van der Waals surface area contributed by atoms with E-state index in [9.17, 15) is 59.4 Å². The van der Waals surface area contributed by atoms with Crippen LogP contribution in [0, 0.1) is 104 Å². The Kier molecular flexibility index (Phi) is 29.8. The predicted molar refractivity (Wildman–Crippen MR) is 528 cm³/mol. The molecule has 24 aromatic rings. The van der Waals surface area contributed by atoms with Gasteiger partial charge in [0.25, 0.3) is 0 Å². The molecule has 0 unspecified atom stereocenters. The number of carbonyl (C=O) groups excluding carboxylic acids is 6. The summed E-state index contributed by atoms with van der Waals surface area (Å²) < 4.78 is 0. The zero-order chi connectivity index (χ0) is 93.2. The second-order valence-electron chi connectivity index (χ2n) is 32.1. The van der Waals surface area contributed by atoms with Gasteiger partial charge in [-0.15, -0.1) is 0 Å². The van der Waals surface area contributed by atoms with Crippen molar-refractivity contribution in [2.45, 2.75) is 27.7 Å². The van der Waals surface area contributed by atoms with Crippen LogP contribution in [0.15, 0.2) is 401 Å². The summed E-state index contributed by atoms with van der Waals surface area (Å²) in [6.45, 7) is 8.41. The summed E-state index contributed by atoms with van der Waals surface area (Å²) in [7, 11) is 0. The van der Waals surface area contributed by atoms with E-state index in [1.54, 1.807) is 0 Å². The number of carboxylic acid groups (broad SMARTS) is 6. The van der Waals surface area contributed by atoms with Gasteiger partial charge in [0.2, 0.25) is 0 Å². The topological polar surface area (TPSA) is 292 Å². The van der Waals surface area contributed by atoms with E-state index >= 15 is 0 Å². The van der Waals surface area contributed by atoms with E-state index in [1.807, 2.05) is 377 Å². The van der Waals surface area contributed by atoms with Gasteiger partial charge in [0.15, 0.2) is 0 Å². The fraction of sp³-hybridized carbons (Fsp3) is 0.0339. The maximum Gasteiger partial charge on any atom is 3.00 e. The number of aromatic nitrogens is 4. The molecule has 4 aromatic heterocycles.